The first-order chi connectivity index (χ1) is 16.3. The van der Waals surface area contributed by atoms with Crippen LogP contribution in [0.25, 0.3) is 0 Å². The Bertz CT molecular complexity index is 568. The summed E-state index contributed by atoms with van der Waals surface area (Å²) in [6.45, 7) is 14.0. The first kappa shape index (κ1) is 30.8. The van der Waals surface area contributed by atoms with Crippen molar-refractivity contribution in [2.45, 2.75) is 66.5 Å². The zero-order valence-corrected chi connectivity index (χ0v) is 23.6. The van der Waals surface area contributed by atoms with Crippen LogP contribution in [0.2, 0.25) is 12.1 Å². The first-order valence-corrected chi connectivity index (χ1v) is 16.2. The second-order valence-corrected chi connectivity index (χ2v) is 12.8. The molecule has 198 valence electrons. The molecular weight excluding hydrogens is 480 g/mol. The number of carbonyl (C=O) groups excluding carboxylic acids is 3. The van der Waals surface area contributed by atoms with Gasteiger partial charge >= 0.3 is 35.5 Å². The Kier molecular flexibility index (Phi) is 14.3. The van der Waals surface area contributed by atoms with Gasteiger partial charge in [-0.25, -0.2) is 4.79 Å². The van der Waals surface area contributed by atoms with Crippen molar-refractivity contribution in [2.75, 3.05) is 52.7 Å². The quantitative estimate of drug-likeness (QED) is 0.135. The van der Waals surface area contributed by atoms with Crippen molar-refractivity contribution in [3.8, 4) is 0 Å². The molecule has 1 saturated heterocycles. The Labute approximate surface area is 205 Å². The molecule has 0 unspecified atom stereocenters. The number of nitrogens with zero attached hydrogens (tertiary/aromatic N) is 2. The number of hydrogen-bond acceptors (Lipinski definition) is 9. The monoisotopic (exact) mass is 522 g/mol. The van der Waals surface area contributed by atoms with E-state index < -0.39 is 35.5 Å². The molecule has 0 bridgehead atoms. The normalized spacial score (nSPS) is 15.2. The van der Waals surface area contributed by atoms with Gasteiger partial charge in [0.05, 0.1) is 0 Å². The van der Waals surface area contributed by atoms with E-state index >= 15 is 0 Å². The Morgan fingerprint density at radius 1 is 0.529 bits per heavy atom. The molecule has 4 amide bonds. The molecule has 1 rings (SSSR count). The molecule has 11 nitrogen and oxygen atoms in total. The summed E-state index contributed by atoms with van der Waals surface area (Å²) in [6.07, 6.45) is 0.833. The minimum Gasteiger partial charge on any atom is -0.374 e. The van der Waals surface area contributed by atoms with Gasteiger partial charge in [0.25, 0.3) is 0 Å². The molecule has 0 N–H and O–H groups in total. The van der Waals surface area contributed by atoms with E-state index in [0.717, 1.165) is 9.80 Å². The van der Waals surface area contributed by atoms with Gasteiger partial charge < -0.3 is 26.6 Å². The van der Waals surface area contributed by atoms with Gasteiger partial charge in [0.2, 0.25) is 0 Å². The van der Waals surface area contributed by atoms with Gasteiger partial charge in [-0.2, -0.15) is 0 Å². The van der Waals surface area contributed by atoms with Crippen molar-refractivity contribution >= 4 is 35.5 Å². The summed E-state index contributed by atoms with van der Waals surface area (Å²) in [5, 5.41) is 0. The molecule has 0 saturated carbocycles. The third kappa shape index (κ3) is 8.48. The molecule has 34 heavy (non-hydrogen) atoms. The Morgan fingerprint density at radius 2 is 0.794 bits per heavy atom. The van der Waals surface area contributed by atoms with E-state index in [4.69, 9.17) is 26.6 Å². The van der Waals surface area contributed by atoms with Crippen LogP contribution < -0.4 is 0 Å². The number of urea groups is 1. The number of hydrogen-bond donors (Lipinski definition) is 0. The molecule has 1 aliphatic rings. The molecule has 0 radical (unpaired) electrons. The van der Waals surface area contributed by atoms with Crippen LogP contribution in [0.5, 0.6) is 0 Å². The van der Waals surface area contributed by atoms with Gasteiger partial charge in [0.1, 0.15) is 0 Å². The number of rotatable bonds is 20. The number of amides is 4. The van der Waals surface area contributed by atoms with Gasteiger partial charge in [-0.1, -0.05) is 0 Å². The van der Waals surface area contributed by atoms with Gasteiger partial charge in [0.15, 0.2) is 0 Å². The molecular formula is C21H42N2O9Si2. The van der Waals surface area contributed by atoms with Crippen molar-refractivity contribution in [2.24, 2.45) is 0 Å². The van der Waals surface area contributed by atoms with Crippen LogP contribution in [0.15, 0.2) is 0 Å². The zero-order chi connectivity index (χ0) is 25.6. The fraction of sp³-hybridized carbons (Fsp3) is 0.857. The van der Waals surface area contributed by atoms with Gasteiger partial charge in [0, 0.05) is 64.8 Å². The van der Waals surface area contributed by atoms with Crippen LogP contribution >= 0.6 is 0 Å². The molecule has 0 spiro atoms. The third-order valence-corrected chi connectivity index (χ3v) is 11.4. The van der Waals surface area contributed by atoms with Crippen molar-refractivity contribution in [1.82, 2.24) is 9.80 Å². The predicted molar refractivity (Wildman–Crippen MR) is 129 cm³/mol. The summed E-state index contributed by atoms with van der Waals surface area (Å²) in [6, 6.07) is 0.278. The SMILES string of the molecule is CCO[Si](CCCN1C(=O)C(=O)N(CCC[Si](OCC)(OCC)OCC)C1=O)(OCC)OCC. The summed E-state index contributed by atoms with van der Waals surface area (Å²) < 4.78 is 34.9. The van der Waals surface area contributed by atoms with E-state index in [1.54, 1.807) is 0 Å². The molecule has 1 heterocycles. The fourth-order valence-corrected chi connectivity index (χ4v) is 9.04. The smallest absolute Gasteiger partial charge is 0.374 e. The summed E-state index contributed by atoms with van der Waals surface area (Å²) in [5.74, 6) is -1.63. The number of imide groups is 2. The summed E-state index contributed by atoms with van der Waals surface area (Å²) in [7, 11) is -5.79. The third-order valence-electron chi connectivity index (χ3n) is 5.05. The molecule has 0 aliphatic carbocycles. The first-order valence-electron chi connectivity index (χ1n) is 12.3. The summed E-state index contributed by atoms with van der Waals surface area (Å²) in [5.41, 5.74) is 0. The second-order valence-electron chi connectivity index (χ2n) is 7.37. The van der Waals surface area contributed by atoms with E-state index in [2.05, 4.69) is 0 Å². The van der Waals surface area contributed by atoms with E-state index in [1.807, 2.05) is 41.5 Å². The highest BCUT2D eigenvalue weighted by atomic mass is 28.4. The van der Waals surface area contributed by atoms with Crippen LogP contribution in [0, 0.1) is 0 Å². The van der Waals surface area contributed by atoms with E-state index in [0.29, 0.717) is 64.6 Å². The maximum absolute atomic E-state index is 12.8. The topological polar surface area (TPSA) is 113 Å². The Morgan fingerprint density at radius 3 is 1.03 bits per heavy atom. The molecule has 0 aromatic carbocycles. The minimum atomic E-state index is -2.90. The molecule has 0 aromatic heterocycles. The number of carbonyl (C=O) groups is 3. The maximum atomic E-state index is 12.8. The molecule has 1 fully saturated rings. The molecule has 13 heteroatoms. The Balaban J connectivity index is 2.74. The largest absolute Gasteiger partial charge is 0.500 e. The highest BCUT2D eigenvalue weighted by molar-refractivity contribution is 6.61. The van der Waals surface area contributed by atoms with Crippen molar-refractivity contribution in [3.63, 3.8) is 0 Å². The van der Waals surface area contributed by atoms with E-state index in [1.165, 1.54) is 0 Å². The highest BCUT2D eigenvalue weighted by Gasteiger charge is 2.46. The highest BCUT2D eigenvalue weighted by Crippen LogP contribution is 2.22. The lowest BCUT2D eigenvalue weighted by atomic mass is 10.4. The average molecular weight is 523 g/mol. The van der Waals surface area contributed by atoms with Gasteiger partial charge in [-0.05, 0) is 54.4 Å². The summed E-state index contributed by atoms with van der Waals surface area (Å²) in [4.78, 5) is 39.8. The van der Waals surface area contributed by atoms with Crippen molar-refractivity contribution in [1.29, 1.82) is 0 Å². The Hall–Kier alpha value is -1.20. The maximum Gasteiger partial charge on any atom is 0.500 e. The molecule has 0 atom stereocenters. The lowest BCUT2D eigenvalue weighted by molar-refractivity contribution is -0.143. The minimum absolute atomic E-state index is 0.0946. The average Bonchev–Trinajstić information content (AvgIpc) is 2.98. The van der Waals surface area contributed by atoms with Gasteiger partial charge in [-0.3, -0.25) is 19.4 Å². The summed E-state index contributed by atoms with van der Waals surface area (Å²) >= 11 is 0. The van der Waals surface area contributed by atoms with Crippen molar-refractivity contribution in [3.05, 3.63) is 0 Å². The second kappa shape index (κ2) is 15.7. The van der Waals surface area contributed by atoms with E-state index in [9.17, 15) is 14.4 Å². The fourth-order valence-electron chi connectivity index (χ4n) is 3.85. The van der Waals surface area contributed by atoms with Crippen LogP contribution in [0.1, 0.15) is 54.4 Å². The standard InChI is InChI=1S/C21H42N2O9Si2/c1-7-27-33(28-8-2,29-9-3)17-13-15-22-19(24)20(25)23(21(22)26)16-14-18-34(30-10-4,31-11-5)32-12-6/h7-18H2,1-6H3. The lowest BCUT2D eigenvalue weighted by Gasteiger charge is -2.29. The van der Waals surface area contributed by atoms with Crippen molar-refractivity contribution < 1.29 is 40.9 Å². The van der Waals surface area contributed by atoms with E-state index in [-0.39, 0.29) is 13.1 Å². The lowest BCUT2D eigenvalue weighted by Crippen LogP contribution is -2.47. The predicted octanol–water partition coefficient (Wildman–Crippen LogP) is 2.65. The molecule has 0 aromatic rings. The van der Waals surface area contributed by atoms with Crippen LogP contribution in [0.4, 0.5) is 4.79 Å². The van der Waals surface area contributed by atoms with Crippen LogP contribution in [0.3, 0.4) is 0 Å². The van der Waals surface area contributed by atoms with Crippen LogP contribution in [-0.2, 0) is 36.1 Å². The van der Waals surface area contributed by atoms with Crippen LogP contribution in [-0.4, -0.2) is 98.0 Å². The van der Waals surface area contributed by atoms with Gasteiger partial charge in [-0.15, -0.1) is 0 Å². The zero-order valence-electron chi connectivity index (χ0n) is 21.6. The molecule has 1 aliphatic heterocycles.